The Kier molecular flexibility index (Phi) is 5.15. The van der Waals surface area contributed by atoms with E-state index in [0.717, 1.165) is 10.0 Å². The van der Waals surface area contributed by atoms with Crippen molar-refractivity contribution in [2.75, 3.05) is 19.8 Å². The van der Waals surface area contributed by atoms with Crippen LogP contribution in [-0.2, 0) is 6.54 Å². The molecule has 0 amide bonds. The highest BCUT2D eigenvalue weighted by atomic mass is 79.9. The Balaban J connectivity index is 1.83. The summed E-state index contributed by atoms with van der Waals surface area (Å²) in [5.74, 6) is 1.34. The quantitative estimate of drug-likeness (QED) is 0.819. The van der Waals surface area contributed by atoms with E-state index in [1.54, 1.807) is 0 Å². The van der Waals surface area contributed by atoms with Gasteiger partial charge in [0.25, 0.3) is 0 Å². The molecule has 0 aromatic heterocycles. The van der Waals surface area contributed by atoms with E-state index in [1.807, 2.05) is 12.1 Å². The summed E-state index contributed by atoms with van der Waals surface area (Å²) in [7, 11) is 0. The number of rotatable bonds is 5. The number of nitrogens with one attached hydrogen (secondary N) is 1. The molecule has 20 heavy (non-hydrogen) atoms. The first-order valence-corrected chi connectivity index (χ1v) is 7.10. The Hall–Kier alpha value is -0.950. The average molecular weight is 354 g/mol. The zero-order valence-corrected chi connectivity index (χ0v) is 12.3. The molecule has 1 aromatic rings. The highest BCUT2D eigenvalue weighted by Crippen LogP contribution is 2.38. The maximum absolute atomic E-state index is 12.0. The van der Waals surface area contributed by atoms with Gasteiger partial charge in [0.05, 0.1) is 4.47 Å². The van der Waals surface area contributed by atoms with Crippen LogP contribution in [0.3, 0.4) is 0 Å². The summed E-state index contributed by atoms with van der Waals surface area (Å²) in [6, 6.07) is 3.72. The molecule has 3 nitrogen and oxygen atoms in total. The number of benzene rings is 1. The molecule has 1 aromatic carbocycles. The van der Waals surface area contributed by atoms with Gasteiger partial charge in [-0.25, -0.2) is 0 Å². The van der Waals surface area contributed by atoms with Gasteiger partial charge in [-0.1, -0.05) is 0 Å². The molecule has 0 fully saturated rings. The SMILES string of the molecule is FC(F)(F)CCCNCc1cc(Br)c2c(c1)OCCO2. The van der Waals surface area contributed by atoms with Crippen LogP contribution in [0.5, 0.6) is 11.5 Å². The minimum Gasteiger partial charge on any atom is -0.486 e. The van der Waals surface area contributed by atoms with E-state index in [0.29, 0.717) is 37.8 Å². The third-order valence-corrected chi connectivity index (χ3v) is 3.39. The molecule has 0 radical (unpaired) electrons. The van der Waals surface area contributed by atoms with Crippen LogP contribution in [0.15, 0.2) is 16.6 Å². The molecule has 1 aliphatic heterocycles. The highest BCUT2D eigenvalue weighted by molar-refractivity contribution is 9.10. The number of ether oxygens (including phenoxy) is 2. The molecule has 1 heterocycles. The van der Waals surface area contributed by atoms with E-state index >= 15 is 0 Å². The fourth-order valence-electron chi connectivity index (χ4n) is 1.91. The monoisotopic (exact) mass is 353 g/mol. The number of alkyl halides is 3. The third-order valence-electron chi connectivity index (χ3n) is 2.80. The summed E-state index contributed by atoms with van der Waals surface area (Å²) in [6.45, 7) is 1.83. The van der Waals surface area contributed by atoms with Crippen LogP contribution < -0.4 is 14.8 Å². The summed E-state index contributed by atoms with van der Waals surface area (Å²) in [6.07, 6.45) is -4.76. The van der Waals surface area contributed by atoms with Gasteiger partial charge in [-0.15, -0.1) is 0 Å². The van der Waals surface area contributed by atoms with Gasteiger partial charge >= 0.3 is 6.18 Å². The second-order valence-corrected chi connectivity index (χ2v) is 5.35. The molecule has 0 saturated carbocycles. The summed E-state index contributed by atoms with van der Waals surface area (Å²) < 4.78 is 47.7. The first kappa shape index (κ1) is 15.4. The zero-order chi connectivity index (χ0) is 14.6. The van der Waals surface area contributed by atoms with Gasteiger partial charge in [0.2, 0.25) is 0 Å². The van der Waals surface area contributed by atoms with Gasteiger partial charge in [0.15, 0.2) is 11.5 Å². The Morgan fingerprint density at radius 1 is 1.20 bits per heavy atom. The lowest BCUT2D eigenvalue weighted by atomic mass is 10.2. The molecule has 1 N–H and O–H groups in total. The number of halogens is 4. The van der Waals surface area contributed by atoms with Gasteiger partial charge < -0.3 is 14.8 Å². The van der Waals surface area contributed by atoms with Crippen LogP contribution in [0, 0.1) is 0 Å². The fourth-order valence-corrected chi connectivity index (χ4v) is 2.52. The van der Waals surface area contributed by atoms with Crippen LogP contribution >= 0.6 is 15.9 Å². The molecule has 0 aliphatic carbocycles. The summed E-state index contributed by atoms with van der Waals surface area (Å²) >= 11 is 3.40. The minimum atomic E-state index is -4.08. The molecule has 0 bridgehead atoms. The second kappa shape index (κ2) is 6.67. The van der Waals surface area contributed by atoms with Crippen LogP contribution in [0.25, 0.3) is 0 Å². The van der Waals surface area contributed by atoms with Gasteiger partial charge in [0, 0.05) is 13.0 Å². The van der Waals surface area contributed by atoms with E-state index in [1.165, 1.54) is 0 Å². The maximum atomic E-state index is 12.0. The second-order valence-electron chi connectivity index (χ2n) is 4.50. The van der Waals surface area contributed by atoms with Crippen molar-refractivity contribution in [3.8, 4) is 11.5 Å². The van der Waals surface area contributed by atoms with E-state index in [9.17, 15) is 13.2 Å². The molecule has 1 aliphatic rings. The van der Waals surface area contributed by atoms with Gasteiger partial charge in [-0.05, 0) is 46.6 Å². The lowest BCUT2D eigenvalue weighted by molar-refractivity contribution is -0.135. The smallest absolute Gasteiger partial charge is 0.389 e. The Morgan fingerprint density at radius 2 is 1.95 bits per heavy atom. The first-order valence-electron chi connectivity index (χ1n) is 6.31. The Labute approximate surface area is 123 Å². The normalized spacial score (nSPS) is 14.4. The van der Waals surface area contributed by atoms with Crippen molar-refractivity contribution in [2.24, 2.45) is 0 Å². The summed E-state index contributed by atoms with van der Waals surface area (Å²) in [5.41, 5.74) is 0.938. The fraction of sp³-hybridized carbons (Fsp3) is 0.538. The first-order chi connectivity index (χ1) is 9.46. The van der Waals surface area contributed by atoms with Crippen molar-refractivity contribution in [1.82, 2.24) is 5.32 Å². The molecule has 0 spiro atoms. The number of fused-ring (bicyclic) bond motifs is 1. The molecule has 0 saturated heterocycles. The van der Waals surface area contributed by atoms with Crippen molar-refractivity contribution >= 4 is 15.9 Å². The largest absolute Gasteiger partial charge is 0.486 e. The molecule has 7 heteroatoms. The van der Waals surface area contributed by atoms with Crippen molar-refractivity contribution < 1.29 is 22.6 Å². The maximum Gasteiger partial charge on any atom is 0.389 e. The topological polar surface area (TPSA) is 30.5 Å². The van der Waals surface area contributed by atoms with Crippen molar-refractivity contribution in [3.05, 3.63) is 22.2 Å². The van der Waals surface area contributed by atoms with E-state index in [-0.39, 0.29) is 6.42 Å². The standard InChI is InChI=1S/C13H15BrF3NO2/c14-10-6-9(7-11-12(10)20-5-4-19-11)8-18-3-1-2-13(15,16)17/h6-7,18H,1-5,8H2. The molecular formula is C13H15BrF3NO2. The molecule has 112 valence electrons. The zero-order valence-electron chi connectivity index (χ0n) is 10.7. The van der Waals surface area contributed by atoms with Crippen LogP contribution in [0.4, 0.5) is 13.2 Å². The Bertz CT molecular complexity index is 466. The molecule has 0 atom stereocenters. The van der Waals surface area contributed by atoms with Gasteiger partial charge in [-0.3, -0.25) is 0 Å². The van der Waals surface area contributed by atoms with Crippen LogP contribution in [0.1, 0.15) is 18.4 Å². The minimum absolute atomic E-state index is 0.0786. The van der Waals surface area contributed by atoms with E-state index in [2.05, 4.69) is 21.2 Å². The van der Waals surface area contributed by atoms with E-state index in [4.69, 9.17) is 9.47 Å². The summed E-state index contributed by atoms with van der Waals surface area (Å²) in [4.78, 5) is 0. The lowest BCUT2D eigenvalue weighted by Crippen LogP contribution is -2.19. The molecule has 0 unspecified atom stereocenters. The Morgan fingerprint density at radius 3 is 2.70 bits per heavy atom. The molecular weight excluding hydrogens is 339 g/mol. The third kappa shape index (κ3) is 4.56. The lowest BCUT2D eigenvalue weighted by Gasteiger charge is -2.20. The van der Waals surface area contributed by atoms with Crippen LogP contribution in [0.2, 0.25) is 0 Å². The van der Waals surface area contributed by atoms with Crippen molar-refractivity contribution in [2.45, 2.75) is 25.6 Å². The van der Waals surface area contributed by atoms with E-state index < -0.39 is 12.6 Å². The predicted octanol–water partition coefficient (Wildman–Crippen LogP) is 3.65. The number of hydrogen-bond acceptors (Lipinski definition) is 3. The number of hydrogen-bond donors (Lipinski definition) is 1. The van der Waals surface area contributed by atoms with Gasteiger partial charge in [-0.2, -0.15) is 13.2 Å². The van der Waals surface area contributed by atoms with Crippen molar-refractivity contribution in [1.29, 1.82) is 0 Å². The highest BCUT2D eigenvalue weighted by Gasteiger charge is 2.25. The van der Waals surface area contributed by atoms with Crippen LogP contribution in [-0.4, -0.2) is 25.9 Å². The summed E-state index contributed by atoms with van der Waals surface area (Å²) in [5, 5.41) is 2.99. The van der Waals surface area contributed by atoms with Gasteiger partial charge in [0.1, 0.15) is 13.2 Å². The van der Waals surface area contributed by atoms with Crippen molar-refractivity contribution in [3.63, 3.8) is 0 Å². The average Bonchev–Trinajstić information content (AvgIpc) is 2.37. The predicted molar refractivity (Wildman–Crippen MR) is 72.1 cm³/mol. The molecule has 2 rings (SSSR count).